The molecule has 3 aromatic rings. The fourth-order valence-corrected chi connectivity index (χ4v) is 4.77. The molecule has 0 unspecified atom stereocenters. The molecule has 0 fully saturated rings. The van der Waals surface area contributed by atoms with Crippen LogP contribution in [0.5, 0.6) is 0 Å². The number of unbranched alkanes of at least 4 members (excludes halogenated alkanes) is 3. The highest BCUT2D eigenvalue weighted by molar-refractivity contribution is 7.12. The van der Waals surface area contributed by atoms with Crippen molar-refractivity contribution in [3.05, 3.63) is 81.1 Å². The lowest BCUT2D eigenvalue weighted by Crippen LogP contribution is -2.09. The van der Waals surface area contributed by atoms with Gasteiger partial charge in [-0.3, -0.25) is 9.97 Å². The van der Waals surface area contributed by atoms with Crippen molar-refractivity contribution < 1.29 is 9.53 Å². The summed E-state index contributed by atoms with van der Waals surface area (Å²) in [7, 11) is 0. The summed E-state index contributed by atoms with van der Waals surface area (Å²) < 4.78 is 5.19. The van der Waals surface area contributed by atoms with Crippen LogP contribution in [0.1, 0.15) is 71.8 Å². The van der Waals surface area contributed by atoms with E-state index in [0.29, 0.717) is 18.6 Å². The van der Waals surface area contributed by atoms with E-state index in [1.165, 1.54) is 41.9 Å². The van der Waals surface area contributed by atoms with Gasteiger partial charge in [-0.1, -0.05) is 32.8 Å². The quantitative estimate of drug-likeness (QED) is 0.148. The Hall–Kier alpha value is -3.05. The van der Waals surface area contributed by atoms with Gasteiger partial charge in [-0.25, -0.2) is 4.79 Å². The number of rotatable bonds is 12. The van der Waals surface area contributed by atoms with E-state index < -0.39 is 0 Å². The number of carbonyl (C=O) groups excluding carboxylic acids is 1. The van der Waals surface area contributed by atoms with Gasteiger partial charge in [0.05, 0.1) is 12.3 Å². The number of pyridine rings is 2. The molecule has 0 spiro atoms. The molecule has 0 bridgehead atoms. The predicted octanol–water partition coefficient (Wildman–Crippen LogP) is 7.78. The third kappa shape index (κ3) is 8.00. The Morgan fingerprint density at radius 3 is 2.43 bits per heavy atom. The third-order valence-electron chi connectivity index (χ3n) is 5.92. The van der Waals surface area contributed by atoms with Crippen LogP contribution in [0.15, 0.2) is 48.8 Å². The number of hydrogen-bond acceptors (Lipinski definition) is 5. The van der Waals surface area contributed by atoms with Gasteiger partial charge >= 0.3 is 5.97 Å². The summed E-state index contributed by atoms with van der Waals surface area (Å²) >= 11 is 1.87. The Balaban J connectivity index is 1.61. The molecular formula is C30H36N2O2S. The van der Waals surface area contributed by atoms with Gasteiger partial charge in [-0.15, -0.1) is 11.3 Å². The van der Waals surface area contributed by atoms with Crippen LogP contribution in [0.4, 0.5) is 0 Å². The SMILES string of the molecule is C=C(C)C(=O)OCCc1ncc(-c2cnc(/C=C/c3ccc(CCCCCC)s3)c(C)c2)cc1C. The molecule has 4 nitrogen and oxygen atoms in total. The molecule has 0 aliphatic rings. The summed E-state index contributed by atoms with van der Waals surface area (Å²) in [6.07, 6.45) is 15.0. The number of esters is 1. The zero-order valence-corrected chi connectivity index (χ0v) is 22.2. The van der Waals surface area contributed by atoms with E-state index in [1.54, 1.807) is 6.92 Å². The van der Waals surface area contributed by atoms with E-state index in [1.807, 2.05) is 30.7 Å². The van der Waals surface area contributed by atoms with Crippen molar-refractivity contribution in [3.63, 3.8) is 0 Å². The van der Waals surface area contributed by atoms with Gasteiger partial charge < -0.3 is 4.74 Å². The highest BCUT2D eigenvalue weighted by atomic mass is 32.1. The minimum absolute atomic E-state index is 0.297. The molecule has 35 heavy (non-hydrogen) atoms. The maximum absolute atomic E-state index is 11.5. The normalized spacial score (nSPS) is 11.2. The first-order valence-corrected chi connectivity index (χ1v) is 13.2. The van der Waals surface area contributed by atoms with Crippen molar-refractivity contribution in [3.8, 4) is 11.1 Å². The molecule has 3 rings (SSSR count). The topological polar surface area (TPSA) is 52.1 Å². The smallest absolute Gasteiger partial charge is 0.333 e. The zero-order chi connectivity index (χ0) is 25.2. The Labute approximate surface area is 213 Å². The minimum Gasteiger partial charge on any atom is -0.462 e. The fraction of sp³-hybridized carbons (Fsp3) is 0.367. The van der Waals surface area contributed by atoms with Crippen LogP contribution in [0.3, 0.4) is 0 Å². The van der Waals surface area contributed by atoms with Crippen LogP contribution in [-0.4, -0.2) is 22.5 Å². The molecule has 0 aliphatic carbocycles. The first-order chi connectivity index (χ1) is 16.9. The van der Waals surface area contributed by atoms with Gasteiger partial charge in [0.25, 0.3) is 0 Å². The zero-order valence-electron chi connectivity index (χ0n) is 21.4. The van der Waals surface area contributed by atoms with E-state index in [4.69, 9.17) is 9.72 Å². The lowest BCUT2D eigenvalue weighted by Gasteiger charge is -2.10. The second-order valence-electron chi connectivity index (χ2n) is 9.03. The highest BCUT2D eigenvalue weighted by Gasteiger charge is 2.08. The molecule has 0 aliphatic heterocycles. The standard InChI is InChI=1S/C30H36N2O2S/c1-6-7-8-9-10-26-11-12-27(35-26)13-14-28-22(4)17-24(19-31-28)25-18-23(5)29(32-20-25)15-16-34-30(33)21(2)3/h11-14,17-20H,2,6-10,15-16H2,1,3-5H3/b14-13+. The number of hydrogen-bond donors (Lipinski definition) is 0. The second-order valence-corrected chi connectivity index (χ2v) is 10.2. The highest BCUT2D eigenvalue weighted by Crippen LogP contribution is 2.25. The molecule has 3 heterocycles. The van der Waals surface area contributed by atoms with Crippen LogP contribution >= 0.6 is 11.3 Å². The van der Waals surface area contributed by atoms with Crippen molar-refractivity contribution in [1.82, 2.24) is 9.97 Å². The van der Waals surface area contributed by atoms with E-state index >= 15 is 0 Å². The molecule has 5 heteroatoms. The van der Waals surface area contributed by atoms with E-state index in [9.17, 15) is 4.79 Å². The maximum Gasteiger partial charge on any atom is 0.333 e. The van der Waals surface area contributed by atoms with Gasteiger partial charge in [0.15, 0.2) is 0 Å². The van der Waals surface area contributed by atoms with Crippen LogP contribution in [0, 0.1) is 13.8 Å². The second kappa shape index (κ2) is 13.1. The average Bonchev–Trinajstić information content (AvgIpc) is 3.29. The summed E-state index contributed by atoms with van der Waals surface area (Å²) in [5.41, 5.74) is 6.58. The van der Waals surface area contributed by atoms with Crippen LogP contribution in [0.25, 0.3) is 23.3 Å². The van der Waals surface area contributed by atoms with Gasteiger partial charge in [0.2, 0.25) is 0 Å². The molecule has 0 radical (unpaired) electrons. The average molecular weight is 489 g/mol. The van der Waals surface area contributed by atoms with Crippen molar-refractivity contribution in [2.75, 3.05) is 6.61 Å². The van der Waals surface area contributed by atoms with E-state index in [0.717, 1.165) is 33.6 Å². The molecule has 0 saturated heterocycles. The van der Waals surface area contributed by atoms with Crippen molar-refractivity contribution in [2.24, 2.45) is 0 Å². The summed E-state index contributed by atoms with van der Waals surface area (Å²) in [6.45, 7) is 11.9. The van der Waals surface area contributed by atoms with Gasteiger partial charge in [-0.2, -0.15) is 0 Å². The Morgan fingerprint density at radius 1 is 1.00 bits per heavy atom. The number of aryl methyl sites for hydroxylation is 3. The van der Waals surface area contributed by atoms with Crippen LogP contribution in [-0.2, 0) is 22.4 Å². The Kier molecular flexibility index (Phi) is 9.98. The molecule has 184 valence electrons. The number of aromatic nitrogens is 2. The number of thiophene rings is 1. The summed E-state index contributed by atoms with van der Waals surface area (Å²) in [4.78, 5) is 23.6. The van der Waals surface area contributed by atoms with Gasteiger partial charge in [-0.05, 0) is 81.2 Å². The lowest BCUT2D eigenvalue weighted by atomic mass is 10.0. The molecule has 0 N–H and O–H groups in total. The summed E-state index contributed by atoms with van der Waals surface area (Å²) in [6, 6.07) is 8.73. The van der Waals surface area contributed by atoms with Crippen LogP contribution in [0.2, 0.25) is 0 Å². The fourth-order valence-electron chi connectivity index (χ4n) is 3.81. The molecule has 0 aromatic carbocycles. The molecular weight excluding hydrogens is 452 g/mol. The third-order valence-corrected chi connectivity index (χ3v) is 7.03. The van der Waals surface area contributed by atoms with Gasteiger partial charge in [0.1, 0.15) is 0 Å². The van der Waals surface area contributed by atoms with Crippen molar-refractivity contribution >= 4 is 29.5 Å². The van der Waals surface area contributed by atoms with Crippen molar-refractivity contribution in [1.29, 1.82) is 0 Å². The first kappa shape index (κ1) is 26.6. The maximum atomic E-state index is 11.5. The molecule has 3 aromatic heterocycles. The van der Waals surface area contributed by atoms with Crippen LogP contribution < -0.4 is 0 Å². The first-order valence-electron chi connectivity index (χ1n) is 12.4. The lowest BCUT2D eigenvalue weighted by molar-refractivity contribution is -0.138. The number of nitrogens with zero attached hydrogens (tertiary/aromatic N) is 2. The van der Waals surface area contributed by atoms with E-state index in [2.05, 4.69) is 61.8 Å². The predicted molar refractivity (Wildman–Crippen MR) is 148 cm³/mol. The monoisotopic (exact) mass is 488 g/mol. The summed E-state index contributed by atoms with van der Waals surface area (Å²) in [5, 5.41) is 0. The summed E-state index contributed by atoms with van der Waals surface area (Å²) in [5.74, 6) is -0.364. The number of ether oxygens (including phenoxy) is 1. The largest absolute Gasteiger partial charge is 0.462 e. The molecule has 0 saturated carbocycles. The Morgan fingerprint density at radius 2 is 1.74 bits per heavy atom. The van der Waals surface area contributed by atoms with Crippen molar-refractivity contribution in [2.45, 2.75) is 66.2 Å². The molecule has 0 amide bonds. The molecule has 0 atom stereocenters. The number of carbonyl (C=O) groups is 1. The Bertz CT molecular complexity index is 1190. The van der Waals surface area contributed by atoms with Gasteiger partial charge in [0, 0.05) is 51.0 Å². The van der Waals surface area contributed by atoms with E-state index in [-0.39, 0.29) is 5.97 Å². The minimum atomic E-state index is -0.364.